The molecule has 25 heavy (non-hydrogen) atoms. The molecule has 0 radical (unpaired) electrons. The lowest BCUT2D eigenvalue weighted by Crippen LogP contribution is -2.34. The van der Waals surface area contributed by atoms with E-state index in [2.05, 4.69) is 0 Å². The molecule has 0 saturated carbocycles. The van der Waals surface area contributed by atoms with Crippen molar-refractivity contribution in [3.05, 3.63) is 29.3 Å². The molecule has 8 heteroatoms. The van der Waals surface area contributed by atoms with Gasteiger partial charge in [0.05, 0.1) is 19.3 Å². The number of carbonyl (C=O) groups excluding carboxylic acids is 3. The molecule has 2 atom stereocenters. The molecule has 0 bridgehead atoms. The van der Waals surface area contributed by atoms with Crippen molar-refractivity contribution in [2.75, 3.05) is 13.7 Å². The molecule has 1 aromatic rings. The van der Waals surface area contributed by atoms with Crippen LogP contribution in [-0.4, -0.2) is 54.4 Å². The van der Waals surface area contributed by atoms with E-state index in [0.717, 1.165) is 0 Å². The van der Waals surface area contributed by atoms with Gasteiger partial charge in [0.25, 0.3) is 0 Å². The van der Waals surface area contributed by atoms with Crippen molar-refractivity contribution in [1.82, 2.24) is 0 Å². The third-order valence-electron chi connectivity index (χ3n) is 3.38. The van der Waals surface area contributed by atoms with Crippen molar-refractivity contribution in [1.29, 1.82) is 0 Å². The van der Waals surface area contributed by atoms with E-state index in [0.29, 0.717) is 11.8 Å². The van der Waals surface area contributed by atoms with Crippen molar-refractivity contribution in [2.24, 2.45) is 0 Å². The van der Waals surface area contributed by atoms with Crippen molar-refractivity contribution in [2.45, 2.75) is 38.6 Å². The van der Waals surface area contributed by atoms with Gasteiger partial charge in [0.1, 0.15) is 11.9 Å². The maximum Gasteiger partial charge on any atom is 0.347 e. The predicted molar refractivity (Wildman–Crippen MR) is 86.1 cm³/mol. The summed E-state index contributed by atoms with van der Waals surface area (Å²) in [6, 6.07) is 4.44. The highest BCUT2D eigenvalue weighted by Crippen LogP contribution is 2.22. The third-order valence-corrected chi connectivity index (χ3v) is 3.38. The van der Waals surface area contributed by atoms with Crippen LogP contribution in [0.5, 0.6) is 5.75 Å². The lowest BCUT2D eigenvalue weighted by Gasteiger charge is -2.23. The van der Waals surface area contributed by atoms with Gasteiger partial charge in [-0.15, -0.1) is 0 Å². The lowest BCUT2D eigenvalue weighted by molar-refractivity contribution is -0.156. The van der Waals surface area contributed by atoms with E-state index in [4.69, 9.17) is 24.4 Å². The van der Waals surface area contributed by atoms with Crippen LogP contribution in [0.1, 0.15) is 35.7 Å². The number of esters is 2. The molecule has 0 aliphatic rings. The summed E-state index contributed by atoms with van der Waals surface area (Å²) in [4.78, 5) is 34.3. The first-order valence-corrected chi connectivity index (χ1v) is 7.66. The number of carbonyl (C=O) groups is 3. The van der Waals surface area contributed by atoms with Gasteiger partial charge >= 0.3 is 11.9 Å². The van der Waals surface area contributed by atoms with Crippen molar-refractivity contribution in [3.8, 4) is 5.75 Å². The number of benzene rings is 1. The summed E-state index contributed by atoms with van der Waals surface area (Å²) in [6.07, 6.45) is -1.27. The van der Waals surface area contributed by atoms with Gasteiger partial charge in [0.2, 0.25) is 0 Å². The van der Waals surface area contributed by atoms with E-state index in [9.17, 15) is 14.4 Å². The van der Waals surface area contributed by atoms with Crippen LogP contribution in [0.3, 0.4) is 0 Å². The first kappa shape index (κ1) is 20.6. The second-order valence-corrected chi connectivity index (χ2v) is 5.26. The zero-order valence-corrected chi connectivity index (χ0v) is 14.1. The Morgan fingerprint density at radius 1 is 1.28 bits per heavy atom. The van der Waals surface area contributed by atoms with Gasteiger partial charge in [0, 0.05) is 26.4 Å². The average molecular weight is 354 g/mol. The summed E-state index contributed by atoms with van der Waals surface area (Å²) in [6.45, 7) is 0.736. The highest BCUT2D eigenvalue weighted by atomic mass is 16.6. The molecule has 0 aromatic heterocycles. The Morgan fingerprint density at radius 3 is 2.52 bits per heavy atom. The molecule has 0 heterocycles. The minimum absolute atomic E-state index is 0.0487. The molecule has 138 valence electrons. The Balaban J connectivity index is 3.01. The molecule has 0 aliphatic carbocycles. The van der Waals surface area contributed by atoms with Crippen LogP contribution in [0.15, 0.2) is 18.2 Å². The first-order valence-electron chi connectivity index (χ1n) is 7.66. The van der Waals surface area contributed by atoms with E-state index in [1.807, 2.05) is 0 Å². The highest BCUT2D eigenvalue weighted by Gasteiger charge is 2.28. The predicted octanol–water partition coefficient (Wildman–Crippen LogP) is 0.616. The summed E-state index contributed by atoms with van der Waals surface area (Å²) in [5.41, 5.74) is 0.675. The molecule has 1 rings (SSSR count). The summed E-state index contributed by atoms with van der Waals surface area (Å²) in [5.74, 6) is -1.13. The number of rotatable bonds is 10. The topological polar surface area (TPSA) is 119 Å². The molecule has 0 aliphatic heterocycles. The number of hydrogen-bond acceptors (Lipinski definition) is 8. The Labute approximate surface area is 145 Å². The van der Waals surface area contributed by atoms with Gasteiger partial charge in [-0.05, 0) is 17.7 Å². The summed E-state index contributed by atoms with van der Waals surface area (Å²) in [5, 5.41) is 18.2. The van der Waals surface area contributed by atoms with Crippen LogP contribution in [-0.2, 0) is 25.7 Å². The Hall–Kier alpha value is -2.45. The monoisotopic (exact) mass is 354 g/mol. The number of aliphatic hydroxyl groups is 2. The van der Waals surface area contributed by atoms with E-state index in [1.54, 1.807) is 6.07 Å². The molecule has 0 fully saturated rings. The Morgan fingerprint density at radius 2 is 2.00 bits per heavy atom. The van der Waals surface area contributed by atoms with Crippen molar-refractivity contribution >= 4 is 18.2 Å². The molecule has 0 saturated heterocycles. The average Bonchev–Trinajstić information content (AvgIpc) is 2.60. The van der Waals surface area contributed by atoms with Gasteiger partial charge in [-0.1, -0.05) is 6.07 Å². The Bertz CT molecular complexity index is 598. The van der Waals surface area contributed by atoms with Crippen LogP contribution in [0.2, 0.25) is 0 Å². The zero-order valence-electron chi connectivity index (χ0n) is 14.1. The van der Waals surface area contributed by atoms with Gasteiger partial charge in [-0.3, -0.25) is 9.59 Å². The second kappa shape index (κ2) is 10.4. The van der Waals surface area contributed by atoms with E-state index >= 15 is 0 Å². The third kappa shape index (κ3) is 6.52. The molecule has 8 nitrogen and oxygen atoms in total. The number of hydrogen-bond donors (Lipinski definition) is 2. The second-order valence-electron chi connectivity index (χ2n) is 5.26. The van der Waals surface area contributed by atoms with Crippen molar-refractivity contribution in [3.63, 3.8) is 0 Å². The summed E-state index contributed by atoms with van der Waals surface area (Å²) in [7, 11) is 1.18. The molecule has 2 N–H and O–H groups in total. The Kier molecular flexibility index (Phi) is 8.59. The summed E-state index contributed by atoms with van der Waals surface area (Å²) >= 11 is 0. The number of aldehydes is 1. The maximum absolute atomic E-state index is 12.0. The minimum atomic E-state index is -1.14. The van der Waals surface area contributed by atoms with Gasteiger partial charge < -0.3 is 24.4 Å². The van der Waals surface area contributed by atoms with Crippen molar-refractivity contribution < 1.29 is 38.8 Å². The smallest absolute Gasteiger partial charge is 0.347 e. The van der Waals surface area contributed by atoms with Gasteiger partial charge in [-0.2, -0.15) is 0 Å². The molecule has 1 aromatic carbocycles. The van der Waals surface area contributed by atoms with Crippen LogP contribution >= 0.6 is 0 Å². The zero-order chi connectivity index (χ0) is 18.8. The molecule has 0 amide bonds. The molecular formula is C17H22O8. The lowest BCUT2D eigenvalue weighted by atomic mass is 10.1. The largest absolute Gasteiger partial charge is 0.478 e. The maximum atomic E-state index is 12.0. The fraction of sp³-hybridized carbons (Fsp3) is 0.471. The normalized spacial score (nSPS) is 12.8. The quantitative estimate of drug-likeness (QED) is 0.463. The standard InChI is InChI=1S/C17H22O8/c1-11(21)24-14(5-6-18)8-16(17(22)23-2)25-15-4-3-12(9-19)7-13(15)10-20/h3-4,7,10,14,16,18-19H,5-6,8-9H2,1-2H3. The molecule has 2 unspecified atom stereocenters. The van der Waals surface area contributed by atoms with E-state index < -0.39 is 24.1 Å². The number of aliphatic hydroxyl groups excluding tert-OH is 2. The van der Waals surface area contributed by atoms with Crippen LogP contribution in [0.25, 0.3) is 0 Å². The fourth-order valence-corrected chi connectivity index (χ4v) is 2.22. The van der Waals surface area contributed by atoms with Crippen LogP contribution < -0.4 is 4.74 Å². The van der Waals surface area contributed by atoms with Gasteiger partial charge in [0.15, 0.2) is 12.4 Å². The number of methoxy groups -OCH3 is 1. The number of ether oxygens (including phenoxy) is 3. The summed E-state index contributed by atoms with van der Waals surface area (Å²) < 4.78 is 15.3. The van der Waals surface area contributed by atoms with Crippen LogP contribution in [0, 0.1) is 0 Å². The SMILES string of the molecule is COC(=O)C(CC(CCO)OC(C)=O)Oc1ccc(CO)cc1C=O. The fourth-order valence-electron chi connectivity index (χ4n) is 2.22. The molecular weight excluding hydrogens is 332 g/mol. The van der Waals surface area contributed by atoms with E-state index in [-0.39, 0.29) is 37.4 Å². The van der Waals surface area contributed by atoms with Crippen LogP contribution in [0.4, 0.5) is 0 Å². The minimum Gasteiger partial charge on any atom is -0.478 e. The van der Waals surface area contributed by atoms with E-state index in [1.165, 1.54) is 26.2 Å². The van der Waals surface area contributed by atoms with Gasteiger partial charge in [-0.25, -0.2) is 4.79 Å². The highest BCUT2D eigenvalue weighted by molar-refractivity contribution is 5.80. The molecule has 0 spiro atoms. The first-order chi connectivity index (χ1) is 11.9.